The lowest BCUT2D eigenvalue weighted by Gasteiger charge is -2.24. The molecule has 0 radical (unpaired) electrons. The number of aromatic nitrogens is 1. The molecule has 0 aliphatic rings. The second-order valence-electron chi connectivity index (χ2n) is 9.42. The molecule has 3 aromatic carbocycles. The smallest absolute Gasteiger partial charge is 0.354 e. The topological polar surface area (TPSA) is 50.2 Å². The van der Waals surface area contributed by atoms with Gasteiger partial charge in [-0.25, -0.2) is 9.78 Å². The van der Waals surface area contributed by atoms with Crippen molar-refractivity contribution in [3.63, 3.8) is 0 Å². The van der Waals surface area contributed by atoms with E-state index in [9.17, 15) is 4.79 Å². The summed E-state index contributed by atoms with van der Waals surface area (Å²) in [5.74, 6) is -1.02. The molecule has 0 unspecified atom stereocenters. The summed E-state index contributed by atoms with van der Waals surface area (Å²) in [4.78, 5) is 15.2. The zero-order chi connectivity index (χ0) is 24.6. The molecule has 3 nitrogen and oxygen atoms in total. The van der Waals surface area contributed by atoms with Crippen LogP contribution in [0.4, 0.5) is 0 Å². The molecule has 4 aromatic rings. The Morgan fingerprint density at radius 3 is 1.50 bits per heavy atom. The van der Waals surface area contributed by atoms with Crippen LogP contribution in [0.5, 0.6) is 0 Å². The molecule has 4 heteroatoms. The Morgan fingerprint density at radius 2 is 1.12 bits per heavy atom. The van der Waals surface area contributed by atoms with E-state index in [1.54, 1.807) is 12.3 Å². The van der Waals surface area contributed by atoms with Crippen molar-refractivity contribution in [2.45, 2.75) is 41.5 Å². The third-order valence-electron chi connectivity index (χ3n) is 6.61. The lowest BCUT2D eigenvalue weighted by Crippen LogP contribution is -2.55. The van der Waals surface area contributed by atoms with E-state index in [2.05, 4.69) is 95.1 Å². The highest BCUT2D eigenvalue weighted by atomic mass is 16.4. The highest BCUT2D eigenvalue weighted by Gasteiger charge is 2.28. The minimum atomic E-state index is -1.02. The van der Waals surface area contributed by atoms with Crippen molar-refractivity contribution in [3.8, 4) is 11.1 Å². The zero-order valence-electron chi connectivity index (χ0n) is 20.7. The molecule has 34 heavy (non-hydrogen) atoms. The van der Waals surface area contributed by atoms with E-state index in [4.69, 9.17) is 5.11 Å². The summed E-state index contributed by atoms with van der Waals surface area (Å²) in [7, 11) is 0. The monoisotopic (exact) mass is 447 g/mol. The first-order valence-electron chi connectivity index (χ1n) is 11.6. The summed E-state index contributed by atoms with van der Waals surface area (Å²) in [6.45, 7) is 13.3. The van der Waals surface area contributed by atoms with E-state index in [-0.39, 0.29) is 12.4 Å². The fraction of sp³-hybridized carbons (Fsp3) is 0.200. The highest BCUT2D eigenvalue weighted by Crippen LogP contribution is 2.19. The van der Waals surface area contributed by atoms with E-state index in [1.807, 2.05) is 6.07 Å². The zero-order valence-corrected chi connectivity index (χ0v) is 20.7. The maximum Gasteiger partial charge on any atom is 0.354 e. The number of carbonyl (C=O) groups is 1. The first-order chi connectivity index (χ1) is 16.2. The van der Waals surface area contributed by atoms with E-state index < -0.39 is 5.97 Å². The number of rotatable bonds is 5. The average molecular weight is 447 g/mol. The van der Waals surface area contributed by atoms with Crippen molar-refractivity contribution >= 4 is 29.1 Å². The van der Waals surface area contributed by atoms with Gasteiger partial charge >= 0.3 is 5.97 Å². The van der Waals surface area contributed by atoms with Crippen LogP contribution >= 0.6 is 0 Å². The Bertz CT molecular complexity index is 1270. The van der Waals surface area contributed by atoms with Crippen LogP contribution in [0.2, 0.25) is 0 Å². The van der Waals surface area contributed by atoms with Crippen molar-refractivity contribution in [2.75, 3.05) is 0 Å². The van der Waals surface area contributed by atoms with Gasteiger partial charge in [-0.05, 0) is 53.2 Å². The maximum absolute atomic E-state index is 11.1. The van der Waals surface area contributed by atoms with Gasteiger partial charge in [-0.3, -0.25) is 0 Å². The third kappa shape index (κ3) is 4.54. The van der Waals surface area contributed by atoms with Gasteiger partial charge in [-0.1, -0.05) is 104 Å². The molecule has 0 aliphatic carbocycles. The molecule has 1 aromatic heterocycles. The summed E-state index contributed by atoms with van der Waals surface area (Å²) >= 11 is 0. The van der Waals surface area contributed by atoms with Gasteiger partial charge in [0.15, 0.2) is 0 Å². The van der Waals surface area contributed by atoms with Crippen molar-refractivity contribution in [1.29, 1.82) is 0 Å². The molecular formula is C30H30BNO2. The van der Waals surface area contributed by atoms with Gasteiger partial charge in [0.2, 0.25) is 6.71 Å². The first kappa shape index (κ1) is 23.5. The Labute approximate surface area is 202 Å². The summed E-state index contributed by atoms with van der Waals surface area (Å²) in [6.07, 6.45) is 1.62. The molecule has 0 spiro atoms. The van der Waals surface area contributed by atoms with Crippen LogP contribution in [0.3, 0.4) is 0 Å². The molecule has 4 rings (SSSR count). The van der Waals surface area contributed by atoms with E-state index in [0.29, 0.717) is 0 Å². The van der Waals surface area contributed by atoms with Crippen LogP contribution in [-0.4, -0.2) is 22.8 Å². The second-order valence-corrected chi connectivity index (χ2v) is 9.42. The molecule has 0 bridgehead atoms. The minimum absolute atomic E-state index is 0.0519. The predicted molar refractivity (Wildman–Crippen MR) is 143 cm³/mol. The molecule has 0 saturated carbocycles. The number of benzene rings is 3. The number of carboxylic acid groups (broad SMARTS) is 1. The number of hydrogen-bond donors (Lipinski definition) is 1. The molecule has 0 amide bonds. The van der Waals surface area contributed by atoms with Crippen molar-refractivity contribution < 1.29 is 9.90 Å². The lowest BCUT2D eigenvalue weighted by molar-refractivity contribution is 0.0690. The Morgan fingerprint density at radius 1 is 0.676 bits per heavy atom. The number of nitrogens with zero attached hydrogens (tertiary/aromatic N) is 1. The molecule has 0 fully saturated rings. The molecule has 0 saturated heterocycles. The van der Waals surface area contributed by atoms with Gasteiger partial charge < -0.3 is 5.11 Å². The molecule has 1 N–H and O–H groups in total. The van der Waals surface area contributed by atoms with Crippen LogP contribution in [0.25, 0.3) is 11.1 Å². The van der Waals surface area contributed by atoms with Crippen LogP contribution in [-0.2, 0) is 0 Å². The lowest BCUT2D eigenvalue weighted by atomic mass is 9.34. The normalized spacial score (nSPS) is 10.9. The summed E-state index contributed by atoms with van der Waals surface area (Å²) in [6, 6.07) is 21.1. The van der Waals surface area contributed by atoms with Crippen LogP contribution in [0, 0.1) is 41.5 Å². The van der Waals surface area contributed by atoms with Crippen molar-refractivity contribution in [1.82, 2.24) is 4.98 Å². The largest absolute Gasteiger partial charge is 0.477 e. The minimum Gasteiger partial charge on any atom is -0.477 e. The number of pyridine rings is 1. The standard InChI is InChI=1S/C30H30BNO2/c1-18-13-20(3)28(21(4)14-18)31(29-22(5)15-19(2)16-23(29)6)26-10-7-24(8-11-26)25-9-12-27(30(33)34)32-17-25/h7-17H,1-6H3,(H,33,34). The average Bonchev–Trinajstić information content (AvgIpc) is 2.77. The summed E-state index contributed by atoms with van der Waals surface area (Å²) in [5.41, 5.74) is 13.7. The van der Waals surface area contributed by atoms with Crippen LogP contribution in [0.15, 0.2) is 66.9 Å². The first-order valence-corrected chi connectivity index (χ1v) is 11.6. The Hall–Kier alpha value is -3.66. The molecule has 0 atom stereocenters. The fourth-order valence-corrected chi connectivity index (χ4v) is 5.33. The predicted octanol–water partition coefficient (Wildman–Crippen LogP) is 4.81. The van der Waals surface area contributed by atoms with Gasteiger partial charge in [-0.2, -0.15) is 0 Å². The number of aryl methyl sites for hydroxylation is 6. The number of hydrogen-bond acceptors (Lipinski definition) is 2. The number of aromatic carboxylic acids is 1. The summed E-state index contributed by atoms with van der Waals surface area (Å²) in [5, 5.41) is 9.12. The molecule has 1 heterocycles. The van der Waals surface area contributed by atoms with E-state index in [0.717, 1.165) is 11.1 Å². The van der Waals surface area contributed by atoms with Gasteiger partial charge in [-0.15, -0.1) is 0 Å². The van der Waals surface area contributed by atoms with E-state index in [1.165, 1.54) is 49.8 Å². The molecule has 0 aliphatic heterocycles. The Kier molecular flexibility index (Phi) is 6.43. The van der Waals surface area contributed by atoms with Gasteiger partial charge in [0, 0.05) is 11.8 Å². The van der Waals surface area contributed by atoms with Crippen LogP contribution < -0.4 is 16.4 Å². The van der Waals surface area contributed by atoms with Crippen molar-refractivity contribution in [3.05, 3.63) is 106 Å². The van der Waals surface area contributed by atoms with E-state index >= 15 is 0 Å². The molecular weight excluding hydrogens is 417 g/mol. The summed E-state index contributed by atoms with van der Waals surface area (Å²) < 4.78 is 0. The van der Waals surface area contributed by atoms with Gasteiger partial charge in [0.1, 0.15) is 5.69 Å². The number of carboxylic acids is 1. The third-order valence-corrected chi connectivity index (χ3v) is 6.61. The second kappa shape index (κ2) is 9.30. The SMILES string of the molecule is Cc1cc(C)c(B(c2ccc(-c3ccc(C(=O)O)nc3)cc2)c2c(C)cc(C)cc2C)c(C)c1. The van der Waals surface area contributed by atoms with Crippen LogP contribution in [0.1, 0.15) is 43.9 Å². The van der Waals surface area contributed by atoms with Crippen molar-refractivity contribution in [2.24, 2.45) is 0 Å². The van der Waals surface area contributed by atoms with Gasteiger partial charge in [0.25, 0.3) is 0 Å². The Balaban J connectivity index is 1.86. The highest BCUT2D eigenvalue weighted by molar-refractivity contribution is 6.96. The fourth-order valence-electron chi connectivity index (χ4n) is 5.33. The van der Waals surface area contributed by atoms with Gasteiger partial charge in [0.05, 0.1) is 0 Å². The molecule has 170 valence electrons. The maximum atomic E-state index is 11.1. The quantitative estimate of drug-likeness (QED) is 0.447.